The van der Waals surface area contributed by atoms with E-state index in [1.165, 1.54) is 0 Å². The maximum atomic E-state index is 12.6. The summed E-state index contributed by atoms with van der Waals surface area (Å²) >= 11 is 0. The number of hydrogen-bond acceptors (Lipinski definition) is 5. The molecule has 0 N–H and O–H groups in total. The number of nitrogens with zero attached hydrogens (tertiary/aromatic N) is 4. The highest BCUT2D eigenvalue weighted by Gasteiger charge is 2.32. The van der Waals surface area contributed by atoms with Gasteiger partial charge in [0.1, 0.15) is 12.1 Å². The van der Waals surface area contributed by atoms with E-state index >= 15 is 0 Å². The zero-order valence-electron chi connectivity index (χ0n) is 13.0. The van der Waals surface area contributed by atoms with E-state index in [-0.39, 0.29) is 5.91 Å². The molecule has 4 rings (SSSR count). The fourth-order valence-electron chi connectivity index (χ4n) is 3.37. The monoisotopic (exact) mass is 312 g/mol. The number of fused-ring (bicyclic) bond motifs is 1. The maximum Gasteiger partial charge on any atom is 0.253 e. The first kappa shape index (κ1) is 14.4. The van der Waals surface area contributed by atoms with Crippen molar-refractivity contribution in [2.45, 2.75) is 18.9 Å². The largest absolute Gasteiger partial charge is 0.365 e. The molecule has 0 radical (unpaired) electrons. The Bertz CT molecular complexity index is 709. The van der Waals surface area contributed by atoms with Gasteiger partial charge in [-0.3, -0.25) is 4.79 Å². The third-order valence-electron chi connectivity index (χ3n) is 4.58. The zero-order valence-corrected chi connectivity index (χ0v) is 13.0. The first-order chi connectivity index (χ1) is 11.3. The van der Waals surface area contributed by atoms with Crippen molar-refractivity contribution in [3.05, 3.63) is 30.6 Å². The SMILES string of the molecule is O=C(C1CN(c2ncnc3ccccc23)CCO1)N1CCCC1. The lowest BCUT2D eigenvalue weighted by molar-refractivity contribution is -0.143. The predicted octanol–water partition coefficient (Wildman–Crippen LogP) is 1.46. The van der Waals surface area contributed by atoms with Crippen molar-refractivity contribution in [3.63, 3.8) is 0 Å². The van der Waals surface area contributed by atoms with Crippen LogP contribution in [0.3, 0.4) is 0 Å². The van der Waals surface area contributed by atoms with Crippen LogP contribution in [0.2, 0.25) is 0 Å². The van der Waals surface area contributed by atoms with Gasteiger partial charge < -0.3 is 14.5 Å². The lowest BCUT2D eigenvalue weighted by Crippen LogP contribution is -2.50. The fourth-order valence-corrected chi connectivity index (χ4v) is 3.37. The van der Waals surface area contributed by atoms with Crippen LogP contribution in [0.1, 0.15) is 12.8 Å². The summed E-state index contributed by atoms with van der Waals surface area (Å²) in [7, 11) is 0. The number of morpholine rings is 1. The molecule has 0 saturated carbocycles. The Labute approximate surface area is 135 Å². The van der Waals surface area contributed by atoms with Crippen LogP contribution in [-0.4, -0.2) is 59.7 Å². The number of carbonyl (C=O) groups excluding carboxylic acids is 1. The van der Waals surface area contributed by atoms with Gasteiger partial charge in [-0.2, -0.15) is 0 Å². The van der Waals surface area contributed by atoms with Gasteiger partial charge in [0.15, 0.2) is 6.10 Å². The van der Waals surface area contributed by atoms with E-state index < -0.39 is 6.10 Å². The third kappa shape index (κ3) is 2.74. The molecule has 2 saturated heterocycles. The molecule has 3 heterocycles. The highest BCUT2D eigenvalue weighted by atomic mass is 16.5. The topological polar surface area (TPSA) is 58.6 Å². The van der Waals surface area contributed by atoms with E-state index in [4.69, 9.17) is 4.74 Å². The number of rotatable bonds is 2. The molecule has 6 nitrogen and oxygen atoms in total. The number of likely N-dealkylation sites (tertiary alicyclic amines) is 1. The molecular weight excluding hydrogens is 292 g/mol. The lowest BCUT2D eigenvalue weighted by atomic mass is 10.2. The van der Waals surface area contributed by atoms with E-state index in [9.17, 15) is 4.79 Å². The van der Waals surface area contributed by atoms with Crippen molar-refractivity contribution in [1.82, 2.24) is 14.9 Å². The molecule has 1 aromatic carbocycles. The average Bonchev–Trinajstić information content (AvgIpc) is 3.15. The Morgan fingerprint density at radius 3 is 2.83 bits per heavy atom. The molecule has 2 aliphatic rings. The zero-order chi connectivity index (χ0) is 15.6. The van der Waals surface area contributed by atoms with Crippen molar-refractivity contribution in [2.24, 2.45) is 0 Å². The van der Waals surface area contributed by atoms with Gasteiger partial charge in [0.25, 0.3) is 5.91 Å². The summed E-state index contributed by atoms with van der Waals surface area (Å²) in [5.41, 5.74) is 0.923. The van der Waals surface area contributed by atoms with Gasteiger partial charge in [0.05, 0.1) is 18.7 Å². The maximum absolute atomic E-state index is 12.6. The molecule has 1 amide bonds. The molecule has 2 aromatic rings. The summed E-state index contributed by atoms with van der Waals surface area (Å²) < 4.78 is 5.74. The minimum Gasteiger partial charge on any atom is -0.365 e. The molecule has 1 atom stereocenters. The van der Waals surface area contributed by atoms with E-state index in [2.05, 4.69) is 14.9 Å². The van der Waals surface area contributed by atoms with Crippen LogP contribution < -0.4 is 4.90 Å². The summed E-state index contributed by atoms with van der Waals surface area (Å²) in [4.78, 5) is 25.4. The van der Waals surface area contributed by atoms with Gasteiger partial charge >= 0.3 is 0 Å². The molecule has 0 aliphatic carbocycles. The summed E-state index contributed by atoms with van der Waals surface area (Å²) in [6.07, 6.45) is 3.39. The molecule has 6 heteroatoms. The van der Waals surface area contributed by atoms with Crippen LogP contribution in [0.25, 0.3) is 10.9 Å². The fraction of sp³-hybridized carbons (Fsp3) is 0.471. The molecule has 1 unspecified atom stereocenters. The van der Waals surface area contributed by atoms with Crippen molar-refractivity contribution in [2.75, 3.05) is 37.7 Å². The minimum atomic E-state index is -0.393. The summed E-state index contributed by atoms with van der Waals surface area (Å²) in [5, 5.41) is 1.02. The van der Waals surface area contributed by atoms with Gasteiger partial charge in [-0.25, -0.2) is 9.97 Å². The highest BCUT2D eigenvalue weighted by Crippen LogP contribution is 2.25. The molecule has 2 fully saturated rings. The average molecular weight is 312 g/mol. The van der Waals surface area contributed by atoms with Crippen LogP contribution in [0.15, 0.2) is 30.6 Å². The van der Waals surface area contributed by atoms with Crippen molar-refractivity contribution in [3.8, 4) is 0 Å². The highest BCUT2D eigenvalue weighted by molar-refractivity contribution is 5.90. The molecule has 1 aromatic heterocycles. The smallest absolute Gasteiger partial charge is 0.253 e. The minimum absolute atomic E-state index is 0.116. The quantitative estimate of drug-likeness (QED) is 0.840. The van der Waals surface area contributed by atoms with Crippen LogP contribution in [-0.2, 0) is 9.53 Å². The van der Waals surface area contributed by atoms with Gasteiger partial charge in [-0.1, -0.05) is 12.1 Å². The van der Waals surface area contributed by atoms with Gasteiger partial charge in [0.2, 0.25) is 0 Å². The van der Waals surface area contributed by atoms with Gasteiger partial charge in [-0.15, -0.1) is 0 Å². The van der Waals surface area contributed by atoms with Crippen LogP contribution in [0.4, 0.5) is 5.82 Å². The second-order valence-corrected chi connectivity index (χ2v) is 6.05. The van der Waals surface area contributed by atoms with Crippen molar-refractivity contribution < 1.29 is 9.53 Å². The van der Waals surface area contributed by atoms with Crippen LogP contribution >= 0.6 is 0 Å². The third-order valence-corrected chi connectivity index (χ3v) is 4.58. The molecule has 0 bridgehead atoms. The second-order valence-electron chi connectivity index (χ2n) is 6.05. The number of aromatic nitrogens is 2. The second kappa shape index (κ2) is 6.12. The number of benzene rings is 1. The normalized spacial score (nSPS) is 21.8. The number of hydrogen-bond donors (Lipinski definition) is 0. The Hall–Kier alpha value is -2.21. The number of amides is 1. The number of ether oxygens (including phenoxy) is 1. The van der Waals surface area contributed by atoms with E-state index in [1.54, 1.807) is 6.33 Å². The first-order valence-electron chi connectivity index (χ1n) is 8.18. The molecule has 2 aliphatic heterocycles. The number of para-hydroxylation sites is 1. The summed E-state index contributed by atoms with van der Waals surface area (Å²) in [5.74, 6) is 1.00. The van der Waals surface area contributed by atoms with E-state index in [0.29, 0.717) is 13.2 Å². The van der Waals surface area contributed by atoms with Crippen LogP contribution in [0, 0.1) is 0 Å². The lowest BCUT2D eigenvalue weighted by Gasteiger charge is -2.35. The standard InChI is InChI=1S/C17H20N4O2/c22-17(20-7-3-4-8-20)15-11-21(9-10-23-15)16-13-5-1-2-6-14(13)18-12-19-16/h1-2,5-6,12,15H,3-4,7-11H2. The molecule has 120 valence electrons. The molecular formula is C17H20N4O2. The summed E-state index contributed by atoms with van der Waals surface area (Å²) in [6, 6.07) is 7.96. The number of carbonyl (C=O) groups is 1. The predicted molar refractivity (Wildman–Crippen MR) is 87.3 cm³/mol. The number of anilines is 1. The first-order valence-corrected chi connectivity index (χ1v) is 8.18. The van der Waals surface area contributed by atoms with E-state index in [0.717, 1.165) is 49.2 Å². The molecule has 0 spiro atoms. The van der Waals surface area contributed by atoms with Crippen molar-refractivity contribution >= 4 is 22.6 Å². The Morgan fingerprint density at radius 2 is 1.96 bits per heavy atom. The Morgan fingerprint density at radius 1 is 1.13 bits per heavy atom. The Balaban J connectivity index is 1.58. The van der Waals surface area contributed by atoms with Crippen LogP contribution in [0.5, 0.6) is 0 Å². The van der Waals surface area contributed by atoms with E-state index in [1.807, 2.05) is 29.2 Å². The van der Waals surface area contributed by atoms with Gasteiger partial charge in [-0.05, 0) is 25.0 Å². The Kier molecular flexibility index (Phi) is 3.83. The molecule has 23 heavy (non-hydrogen) atoms. The van der Waals surface area contributed by atoms with Gasteiger partial charge in [0, 0.05) is 25.0 Å². The van der Waals surface area contributed by atoms with Crippen molar-refractivity contribution in [1.29, 1.82) is 0 Å². The summed E-state index contributed by atoms with van der Waals surface area (Å²) in [6.45, 7) is 3.55.